The van der Waals surface area contributed by atoms with Crippen LogP contribution in [0, 0.1) is 13.8 Å². The molecule has 1 unspecified atom stereocenters. The van der Waals surface area contributed by atoms with Crippen molar-refractivity contribution in [2.45, 2.75) is 26.4 Å². The van der Waals surface area contributed by atoms with Crippen molar-refractivity contribution in [1.82, 2.24) is 9.88 Å². The number of Topliss-reactive ketones (excluding diaryl/α,β-unsaturated/α-hetero) is 1. The zero-order chi connectivity index (χ0) is 23.7. The molecule has 1 aromatic heterocycles. The molecule has 2 heterocycles. The van der Waals surface area contributed by atoms with Gasteiger partial charge < -0.3 is 19.8 Å². The number of aromatic hydroxyl groups is 1. The lowest BCUT2D eigenvalue weighted by Crippen LogP contribution is -2.29. The van der Waals surface area contributed by atoms with Crippen LogP contribution in [-0.4, -0.2) is 38.9 Å². The van der Waals surface area contributed by atoms with Gasteiger partial charge in [-0.1, -0.05) is 18.2 Å². The van der Waals surface area contributed by atoms with E-state index in [1.807, 2.05) is 6.92 Å². The highest BCUT2D eigenvalue weighted by molar-refractivity contribution is 6.46. The molecule has 1 aliphatic rings. The quantitative estimate of drug-likeness (QED) is 0.350. The minimum absolute atomic E-state index is 0.00529. The molecule has 1 aliphatic heterocycles. The highest BCUT2D eigenvalue weighted by Gasteiger charge is 2.46. The number of carbonyl (C=O) groups excluding carboxylic acids is 2. The van der Waals surface area contributed by atoms with Gasteiger partial charge in [-0.2, -0.15) is 0 Å². The molecule has 0 saturated carbocycles. The van der Waals surface area contributed by atoms with Gasteiger partial charge in [0.05, 0.1) is 31.0 Å². The van der Waals surface area contributed by atoms with E-state index in [4.69, 9.17) is 4.74 Å². The van der Waals surface area contributed by atoms with E-state index in [2.05, 4.69) is 4.98 Å². The van der Waals surface area contributed by atoms with Crippen LogP contribution in [0.5, 0.6) is 11.5 Å². The van der Waals surface area contributed by atoms with Gasteiger partial charge in [-0.15, -0.1) is 0 Å². The molecule has 7 heteroatoms. The lowest BCUT2D eigenvalue weighted by atomic mass is 9.93. The Morgan fingerprint density at radius 1 is 1.06 bits per heavy atom. The molecule has 4 rings (SSSR count). The first-order valence-electron chi connectivity index (χ1n) is 10.4. The van der Waals surface area contributed by atoms with Gasteiger partial charge in [0.1, 0.15) is 17.3 Å². The second-order valence-corrected chi connectivity index (χ2v) is 7.98. The zero-order valence-electron chi connectivity index (χ0n) is 18.6. The first-order valence-corrected chi connectivity index (χ1v) is 10.4. The Balaban J connectivity index is 1.89. The van der Waals surface area contributed by atoms with Gasteiger partial charge in [0, 0.05) is 11.8 Å². The van der Waals surface area contributed by atoms with E-state index in [0.29, 0.717) is 28.1 Å². The van der Waals surface area contributed by atoms with E-state index < -0.39 is 17.7 Å². The fourth-order valence-corrected chi connectivity index (χ4v) is 4.12. The predicted molar refractivity (Wildman–Crippen MR) is 123 cm³/mol. The van der Waals surface area contributed by atoms with E-state index in [-0.39, 0.29) is 23.6 Å². The molecule has 0 aliphatic carbocycles. The summed E-state index contributed by atoms with van der Waals surface area (Å²) >= 11 is 0. The summed E-state index contributed by atoms with van der Waals surface area (Å²) in [5.41, 5.74) is 3.14. The van der Waals surface area contributed by atoms with Crippen molar-refractivity contribution in [3.05, 3.63) is 94.3 Å². The zero-order valence-corrected chi connectivity index (χ0v) is 18.6. The molecule has 7 nitrogen and oxygen atoms in total. The Morgan fingerprint density at radius 2 is 1.79 bits per heavy atom. The molecular weight excluding hydrogens is 420 g/mol. The van der Waals surface area contributed by atoms with Crippen molar-refractivity contribution in [3.8, 4) is 11.5 Å². The molecule has 168 valence electrons. The summed E-state index contributed by atoms with van der Waals surface area (Å²) in [6.07, 6.45) is 1.62. The number of aliphatic hydroxyl groups excluding tert-OH is 1. The summed E-state index contributed by atoms with van der Waals surface area (Å²) in [5, 5.41) is 21.1. The predicted octanol–water partition coefficient (Wildman–Crippen LogP) is 4.03. The van der Waals surface area contributed by atoms with Gasteiger partial charge in [-0.25, -0.2) is 0 Å². The number of nitrogens with zero attached hydrogens (tertiary/aromatic N) is 2. The number of methoxy groups -OCH3 is 1. The first kappa shape index (κ1) is 22.1. The molecule has 1 amide bonds. The molecule has 2 N–H and O–H groups in total. The number of phenols is 1. The second-order valence-electron chi connectivity index (χ2n) is 7.98. The number of ether oxygens (including phenoxy) is 1. The van der Waals surface area contributed by atoms with Crippen molar-refractivity contribution in [2.75, 3.05) is 7.11 Å². The maximum absolute atomic E-state index is 13.2. The maximum atomic E-state index is 13.2. The van der Waals surface area contributed by atoms with E-state index in [9.17, 15) is 19.8 Å². The average molecular weight is 444 g/mol. The molecule has 0 radical (unpaired) electrons. The summed E-state index contributed by atoms with van der Waals surface area (Å²) < 4.78 is 5.35. The Morgan fingerprint density at radius 3 is 2.42 bits per heavy atom. The lowest BCUT2D eigenvalue weighted by molar-refractivity contribution is -0.140. The number of benzene rings is 2. The number of aromatic nitrogens is 1. The number of hydrogen-bond acceptors (Lipinski definition) is 6. The average Bonchev–Trinajstić information content (AvgIpc) is 3.06. The molecule has 3 aromatic rings. The normalized spacial score (nSPS) is 17.4. The summed E-state index contributed by atoms with van der Waals surface area (Å²) in [6, 6.07) is 14.3. The molecule has 0 bridgehead atoms. The summed E-state index contributed by atoms with van der Waals surface area (Å²) in [6.45, 7) is 3.73. The minimum atomic E-state index is -0.839. The molecule has 0 spiro atoms. The smallest absolute Gasteiger partial charge is 0.296 e. The largest absolute Gasteiger partial charge is 0.508 e. The number of phenolic OH excluding ortho intramolecular Hbond substituents is 1. The molecule has 2 aromatic carbocycles. The van der Waals surface area contributed by atoms with Crippen LogP contribution in [0.3, 0.4) is 0 Å². The number of likely N-dealkylation sites (tertiary alicyclic amines) is 1. The highest BCUT2D eigenvalue weighted by atomic mass is 16.5. The van der Waals surface area contributed by atoms with Crippen LogP contribution in [0.15, 0.2) is 66.4 Å². The number of aliphatic hydroxyl groups is 1. The third-order valence-electron chi connectivity index (χ3n) is 5.80. The third kappa shape index (κ3) is 4.05. The van der Waals surface area contributed by atoms with Crippen molar-refractivity contribution < 1.29 is 24.5 Å². The van der Waals surface area contributed by atoms with Crippen LogP contribution in [0.4, 0.5) is 0 Å². The fourth-order valence-electron chi connectivity index (χ4n) is 4.12. The van der Waals surface area contributed by atoms with Gasteiger partial charge in [0.15, 0.2) is 0 Å². The van der Waals surface area contributed by atoms with Crippen LogP contribution < -0.4 is 4.74 Å². The standard InChI is InChI=1S/C26H24N2O5/c1-15-13-21(33-3)16(2)12-20(15)24(30)22-23(17-7-9-19(29)10-8-17)28(26(32)25(22)31)14-18-6-4-5-11-27-18/h4-13,23,29-30H,14H2,1-3H3/b24-22+. The van der Waals surface area contributed by atoms with Gasteiger partial charge in [0.25, 0.3) is 11.7 Å². The first-order chi connectivity index (χ1) is 15.8. The van der Waals surface area contributed by atoms with Gasteiger partial charge in [-0.3, -0.25) is 14.6 Å². The SMILES string of the molecule is COc1cc(C)c(/C(O)=C2\C(=O)C(=O)N(Cc3ccccn3)C2c2ccc(O)cc2)cc1C. The van der Waals surface area contributed by atoms with Crippen LogP contribution in [0.2, 0.25) is 0 Å². The molecule has 1 fully saturated rings. The van der Waals surface area contributed by atoms with E-state index >= 15 is 0 Å². The number of aryl methyl sites for hydroxylation is 2. The van der Waals surface area contributed by atoms with Crippen LogP contribution >= 0.6 is 0 Å². The topological polar surface area (TPSA) is 100.0 Å². The fraction of sp³-hybridized carbons (Fsp3) is 0.192. The number of hydrogen-bond donors (Lipinski definition) is 2. The molecular formula is C26H24N2O5. The van der Waals surface area contributed by atoms with Gasteiger partial charge in [0.2, 0.25) is 0 Å². The van der Waals surface area contributed by atoms with Crippen LogP contribution in [0.25, 0.3) is 5.76 Å². The van der Waals surface area contributed by atoms with E-state index in [1.54, 1.807) is 62.7 Å². The highest BCUT2D eigenvalue weighted by Crippen LogP contribution is 2.41. The van der Waals surface area contributed by atoms with Crippen molar-refractivity contribution in [2.24, 2.45) is 0 Å². The Kier molecular flexibility index (Phi) is 5.87. The number of ketones is 1. The minimum Gasteiger partial charge on any atom is -0.508 e. The van der Waals surface area contributed by atoms with Gasteiger partial charge in [-0.05, 0) is 66.9 Å². The van der Waals surface area contributed by atoms with Crippen LogP contribution in [-0.2, 0) is 16.1 Å². The number of carbonyl (C=O) groups is 2. The lowest BCUT2D eigenvalue weighted by Gasteiger charge is -2.25. The number of amides is 1. The van der Waals surface area contributed by atoms with E-state index in [1.165, 1.54) is 17.0 Å². The summed E-state index contributed by atoms with van der Waals surface area (Å²) in [7, 11) is 1.56. The monoisotopic (exact) mass is 444 g/mol. The Bertz CT molecular complexity index is 1250. The Labute approximate surface area is 191 Å². The number of pyridine rings is 1. The van der Waals surface area contributed by atoms with Crippen LogP contribution in [0.1, 0.15) is 34.0 Å². The molecule has 1 atom stereocenters. The Hall–Kier alpha value is -4.13. The maximum Gasteiger partial charge on any atom is 0.296 e. The number of rotatable bonds is 5. The van der Waals surface area contributed by atoms with Crippen molar-refractivity contribution >= 4 is 17.4 Å². The second kappa shape index (κ2) is 8.78. The molecule has 33 heavy (non-hydrogen) atoms. The summed E-state index contributed by atoms with van der Waals surface area (Å²) in [4.78, 5) is 32.0. The summed E-state index contributed by atoms with van der Waals surface area (Å²) in [5.74, 6) is -1.02. The van der Waals surface area contributed by atoms with Crippen molar-refractivity contribution in [3.63, 3.8) is 0 Å². The van der Waals surface area contributed by atoms with Crippen molar-refractivity contribution in [1.29, 1.82) is 0 Å². The molecule has 1 saturated heterocycles. The third-order valence-corrected chi connectivity index (χ3v) is 5.80. The van der Waals surface area contributed by atoms with Gasteiger partial charge >= 0.3 is 0 Å². The van der Waals surface area contributed by atoms with E-state index in [0.717, 1.165) is 5.56 Å².